The number of fused-ring (bicyclic) bond motifs is 6. The number of benzene rings is 5. The molecular weight excluding hydrogens is 1310 g/mol. The van der Waals surface area contributed by atoms with Crippen molar-refractivity contribution in [2.75, 3.05) is 27.2 Å². The van der Waals surface area contributed by atoms with Gasteiger partial charge < -0.3 is 47.8 Å². The second-order valence-electron chi connectivity index (χ2n) is 25.3. The maximum Gasteiger partial charge on any atom is 0.454 e. The van der Waals surface area contributed by atoms with E-state index in [-0.39, 0.29) is 56.3 Å². The maximum atomic E-state index is 13.3. The molecule has 5 aromatic carbocycles. The van der Waals surface area contributed by atoms with Gasteiger partial charge in [-0.05, 0) is 165 Å². The van der Waals surface area contributed by atoms with Crippen LogP contribution in [0.25, 0.3) is 22.3 Å². The molecule has 0 amide bonds. The van der Waals surface area contributed by atoms with E-state index in [1.54, 1.807) is 44.2 Å². The third-order valence-corrected chi connectivity index (χ3v) is 16.8. The van der Waals surface area contributed by atoms with Crippen LogP contribution in [0.5, 0.6) is 46.0 Å². The topological polar surface area (TPSA) is 145 Å². The molecule has 1 unspecified atom stereocenters. The van der Waals surface area contributed by atoms with E-state index in [1.807, 2.05) is 30.4 Å². The summed E-state index contributed by atoms with van der Waals surface area (Å²) in [5.41, 5.74) is 1.96. The third-order valence-electron chi connectivity index (χ3n) is 16.8. The largest absolute Gasteiger partial charge is 0.454 e. The van der Waals surface area contributed by atoms with Gasteiger partial charge in [0.2, 0.25) is 27.2 Å². The van der Waals surface area contributed by atoms with Gasteiger partial charge in [0.25, 0.3) is 5.78 Å². The number of unbranched alkanes of at least 4 members (excludes halogenated alkanes) is 16. The highest BCUT2D eigenvalue weighted by Gasteiger charge is 2.43. The van der Waals surface area contributed by atoms with Crippen LogP contribution < -0.4 is 37.9 Å². The van der Waals surface area contributed by atoms with Crippen molar-refractivity contribution in [1.82, 2.24) is 0 Å². The highest BCUT2D eigenvalue weighted by Crippen LogP contribution is 2.51. The van der Waals surface area contributed by atoms with Gasteiger partial charge in [-0.15, -0.1) is 0 Å². The number of aryl methyl sites for hydroxylation is 1. The van der Waals surface area contributed by atoms with E-state index in [0.29, 0.717) is 80.3 Å². The van der Waals surface area contributed by atoms with Gasteiger partial charge in [0.1, 0.15) is 11.6 Å². The van der Waals surface area contributed by atoms with E-state index in [4.69, 9.17) is 37.9 Å². The molecule has 11 rings (SSSR count). The molecule has 1 N–H and O–H groups in total. The lowest BCUT2D eigenvalue weighted by Crippen LogP contribution is -2.25. The summed E-state index contributed by atoms with van der Waals surface area (Å²) in [5, 5.41) is 10.6. The van der Waals surface area contributed by atoms with E-state index in [1.165, 1.54) is 80.9 Å². The Kier molecular flexibility index (Phi) is 32.1. The zero-order valence-electron chi connectivity index (χ0n) is 58.4. The average Bonchev–Trinajstić information content (AvgIpc) is 1.61. The van der Waals surface area contributed by atoms with Crippen LogP contribution in [0.1, 0.15) is 233 Å². The van der Waals surface area contributed by atoms with Gasteiger partial charge in [-0.3, -0.25) is 9.59 Å². The van der Waals surface area contributed by atoms with Crippen LogP contribution >= 0.6 is 0 Å². The van der Waals surface area contributed by atoms with E-state index in [0.717, 1.165) is 102 Å². The molecule has 0 fully saturated rings. The van der Waals surface area contributed by atoms with Crippen molar-refractivity contribution in [3.05, 3.63) is 154 Å². The summed E-state index contributed by atoms with van der Waals surface area (Å²) in [6.45, 7) is 14.3. The van der Waals surface area contributed by atoms with Crippen LogP contribution in [-0.4, -0.2) is 68.2 Å². The summed E-state index contributed by atoms with van der Waals surface area (Å²) < 4.78 is 157. The Bertz CT molecular complexity index is 3470. The Labute approximate surface area is 581 Å². The van der Waals surface area contributed by atoms with Gasteiger partial charge >= 0.3 is 18.5 Å². The number of aliphatic hydroxyl groups is 1. The molecular formula is C79H95F9O12. The molecule has 546 valence electrons. The first-order chi connectivity index (χ1) is 47.7. The predicted octanol–water partition coefficient (Wildman–Crippen LogP) is 22.5. The summed E-state index contributed by atoms with van der Waals surface area (Å²) in [4.78, 5) is 33.4. The lowest BCUT2D eigenvalue weighted by Gasteiger charge is -2.23. The van der Waals surface area contributed by atoms with Gasteiger partial charge in [-0.25, -0.2) is 0 Å². The first-order valence-corrected chi connectivity index (χ1v) is 34.7. The summed E-state index contributed by atoms with van der Waals surface area (Å²) in [7, 11) is 0. The van der Waals surface area contributed by atoms with Gasteiger partial charge in [0, 0.05) is 24.8 Å². The normalized spacial score (nSPS) is 15.2. The van der Waals surface area contributed by atoms with Crippen LogP contribution in [0.15, 0.2) is 115 Å². The molecule has 0 radical (unpaired) electrons. The Balaban J connectivity index is 0.000000196. The number of allylic oxidation sites excluding steroid dienone is 8. The van der Waals surface area contributed by atoms with Crippen molar-refractivity contribution >= 4 is 39.6 Å². The second kappa shape index (κ2) is 39.7. The van der Waals surface area contributed by atoms with Crippen molar-refractivity contribution in [1.29, 1.82) is 0 Å². The number of Topliss-reactive ketones (excluding diaryl/α,β-unsaturated/α-hetero) is 3. The molecule has 4 heterocycles. The van der Waals surface area contributed by atoms with Crippen molar-refractivity contribution < 1.29 is 96.9 Å². The number of rotatable bonds is 26. The van der Waals surface area contributed by atoms with Crippen molar-refractivity contribution in [2.45, 2.75) is 220 Å². The minimum atomic E-state index is -4.87. The number of ether oxygens (including phenoxy) is 8. The lowest BCUT2D eigenvalue weighted by atomic mass is 9.89. The number of carbonyl (C=O) groups excluding carboxylic acids is 3. The van der Waals surface area contributed by atoms with Crippen LogP contribution in [0, 0.1) is 6.92 Å². The molecule has 12 nitrogen and oxygen atoms in total. The lowest BCUT2D eigenvalue weighted by molar-refractivity contribution is -0.124. The van der Waals surface area contributed by atoms with Crippen molar-refractivity contribution in [3.8, 4) is 46.0 Å². The smallest absolute Gasteiger partial charge is 0.454 e. The van der Waals surface area contributed by atoms with E-state index < -0.39 is 46.6 Å². The third kappa shape index (κ3) is 25.5. The summed E-state index contributed by atoms with van der Waals surface area (Å²) >= 11 is 0. The fourth-order valence-electron chi connectivity index (χ4n) is 11.3. The molecule has 6 aliphatic rings. The quantitative estimate of drug-likeness (QED) is 0.0319. The minimum Gasteiger partial charge on any atom is -0.454 e. The van der Waals surface area contributed by atoms with Gasteiger partial charge in [0.15, 0.2) is 46.0 Å². The summed E-state index contributed by atoms with van der Waals surface area (Å²) in [5.74, 6) is 2.14. The Morgan fingerprint density at radius 2 is 0.810 bits per heavy atom. The molecule has 0 aromatic heterocycles. The van der Waals surface area contributed by atoms with E-state index in [9.17, 15) is 59.0 Å². The molecule has 0 spiro atoms. The number of ketones is 3. The van der Waals surface area contributed by atoms with Gasteiger partial charge in [-0.1, -0.05) is 172 Å². The monoisotopic (exact) mass is 1410 g/mol. The molecule has 100 heavy (non-hydrogen) atoms. The molecule has 1 atom stereocenters. The molecule has 2 aliphatic carbocycles. The van der Waals surface area contributed by atoms with Crippen LogP contribution in [0.3, 0.4) is 0 Å². The summed E-state index contributed by atoms with van der Waals surface area (Å²) in [6.07, 6.45) is 16.3. The summed E-state index contributed by atoms with van der Waals surface area (Å²) in [6, 6.07) is 25.2. The second-order valence-corrected chi connectivity index (χ2v) is 25.3. The number of carbonyl (C=O) groups is 3. The van der Waals surface area contributed by atoms with Crippen molar-refractivity contribution in [3.63, 3.8) is 0 Å². The van der Waals surface area contributed by atoms with Crippen molar-refractivity contribution in [2.24, 2.45) is 0 Å². The number of alkyl halides is 9. The fraction of sp³-hybridized carbons (Fsp3) is 0.481. The minimum absolute atomic E-state index is 0.0427. The Morgan fingerprint density at radius 3 is 1.20 bits per heavy atom. The first kappa shape index (κ1) is 80.8. The van der Waals surface area contributed by atoms with Crippen LogP contribution in [0.4, 0.5) is 39.5 Å². The average molecular weight is 1410 g/mol. The highest BCUT2D eigenvalue weighted by atomic mass is 19.4. The predicted molar refractivity (Wildman–Crippen MR) is 370 cm³/mol. The van der Waals surface area contributed by atoms with E-state index >= 15 is 0 Å². The number of hydrogen-bond donors (Lipinski definition) is 1. The number of halogens is 9. The zero-order chi connectivity index (χ0) is 72.9. The molecule has 4 aliphatic heterocycles. The molecule has 0 saturated heterocycles. The van der Waals surface area contributed by atoms with Gasteiger partial charge in [-0.2, -0.15) is 39.5 Å². The van der Waals surface area contributed by atoms with Crippen LogP contribution in [0.2, 0.25) is 0 Å². The molecule has 0 bridgehead atoms. The Hall–Kier alpha value is -8.20. The fourth-order valence-corrected chi connectivity index (χ4v) is 11.3. The van der Waals surface area contributed by atoms with Gasteiger partial charge in [0.05, 0.1) is 16.7 Å². The molecule has 0 saturated carbocycles. The SMILES string of the molecule is CCCCCC/C=C1/C=C(C(F)(F)F)c2cc3c(cc21)OCO3.CCCCCC/C=C1\C=C(C(F)(F)F)c2cc3c(cc21)OCO3.CCCCCCCC(=O)CC(C)(O)c1ccc2c(c1)OCO2.CCCCCCCC(C)=O.Cc1ccccc1.O=C(c1ccc2c(c1)OCO2)C(F)(F)F. The first-order valence-electron chi connectivity index (χ1n) is 34.7. The van der Waals surface area contributed by atoms with Crippen LogP contribution in [-0.2, 0) is 15.2 Å². The zero-order valence-corrected chi connectivity index (χ0v) is 58.4. The number of hydrogen-bond acceptors (Lipinski definition) is 12. The standard InChI is InChI=1S/2C18H19F3O2.C18H26O4.C9H5F3O3.C9H18O.C7H8/c2*1-2-3-4-5-6-7-12-8-15(18(19,20)21)14-10-17-16(9-13(12)14)22-11-23-17;1-3-4-5-6-7-8-15(19)12-18(2,20)14-9-10-16-17(11-14)22-13-21-16;10-9(11,12)8(13)5-1-2-6-7(3-5)15-4-14-6;1-3-4-5-6-7-8-9(2)10;1-7-5-3-2-4-6-7/h2*7-10H,2-6,11H2,1H3;9-11,20H,3-8,12-13H2,1-2H3;1-3H,4H2;3-8H2,1-2H3;2-6H,1H3/b12-7+;12-7-;;;;. The van der Waals surface area contributed by atoms with E-state index in [2.05, 4.69) is 46.8 Å². The molecule has 21 heteroatoms. The molecule has 5 aromatic rings. The maximum absolute atomic E-state index is 13.3. The Morgan fingerprint density at radius 1 is 0.440 bits per heavy atom. The highest BCUT2D eigenvalue weighted by molar-refractivity contribution is 6.01.